The van der Waals surface area contributed by atoms with Gasteiger partial charge in [0.15, 0.2) is 5.82 Å². The molecule has 9 nitrogen and oxygen atoms in total. The number of rotatable bonds is 5. The van der Waals surface area contributed by atoms with Gasteiger partial charge >= 0.3 is 12.2 Å². The molecule has 0 saturated carbocycles. The number of anilines is 3. The van der Waals surface area contributed by atoms with E-state index in [1.54, 1.807) is 6.07 Å². The van der Waals surface area contributed by atoms with E-state index < -0.39 is 88.6 Å². The fourth-order valence-corrected chi connectivity index (χ4v) is 6.43. The van der Waals surface area contributed by atoms with Gasteiger partial charge in [0.2, 0.25) is 0 Å². The highest BCUT2D eigenvalue weighted by Gasteiger charge is 2.45. The van der Waals surface area contributed by atoms with Gasteiger partial charge in [-0.3, -0.25) is 0 Å². The molecule has 2 aromatic carbocycles. The van der Waals surface area contributed by atoms with Crippen molar-refractivity contribution in [1.29, 1.82) is 5.26 Å². The maximum Gasteiger partial charge on any atom is 0.420 e. The predicted octanol–water partition coefficient (Wildman–Crippen LogP) is 6.45. The fraction of sp³-hybridized carbons (Fsp3) is 0.214. The molecule has 1 aliphatic heterocycles. The zero-order valence-corrected chi connectivity index (χ0v) is 23.5. The van der Waals surface area contributed by atoms with Gasteiger partial charge in [-0.1, -0.05) is 12.1 Å². The lowest BCUT2D eigenvalue weighted by atomic mass is 9.91. The first kappa shape index (κ1) is 29.9. The molecule has 0 aliphatic carbocycles. The van der Waals surface area contributed by atoms with E-state index >= 15 is 17.6 Å². The standard InChI is InChI=1S/C28H18F7N7O2S/c1-43-27-40-19-16-21(44-8-7-42(26(16)41-27)20(23(31)32)11-3-2-6-39-24(11)37)17(28(33,34)35)15(18(19)30)10-4-5-13(29)22-14(10)12(9-36)25(38)45-22/h2-6,20,23H,7-8,38H2,1H3,(H2,37,39). The van der Waals surface area contributed by atoms with Crippen LogP contribution in [0.15, 0.2) is 30.5 Å². The molecule has 5 aromatic rings. The lowest BCUT2D eigenvalue weighted by Crippen LogP contribution is -2.37. The minimum atomic E-state index is -5.34. The molecular formula is C28H18F7N7O2S. The topological polar surface area (TPSA) is 136 Å². The third-order valence-electron chi connectivity index (χ3n) is 7.28. The van der Waals surface area contributed by atoms with Crippen LogP contribution in [0.3, 0.4) is 0 Å². The lowest BCUT2D eigenvalue weighted by molar-refractivity contribution is -0.138. The first-order valence-electron chi connectivity index (χ1n) is 12.9. The maximum absolute atomic E-state index is 16.8. The second-order valence-corrected chi connectivity index (χ2v) is 10.8. The molecular weight excluding hydrogens is 631 g/mol. The fourth-order valence-electron chi connectivity index (χ4n) is 5.48. The Morgan fingerprint density at radius 3 is 2.53 bits per heavy atom. The number of pyridine rings is 1. The van der Waals surface area contributed by atoms with Gasteiger partial charge in [-0.05, 0) is 17.7 Å². The van der Waals surface area contributed by atoms with Gasteiger partial charge < -0.3 is 25.8 Å². The van der Waals surface area contributed by atoms with Gasteiger partial charge in [0, 0.05) is 22.7 Å². The summed E-state index contributed by atoms with van der Waals surface area (Å²) in [6.07, 6.45) is -7.25. The van der Waals surface area contributed by atoms with Gasteiger partial charge in [-0.25, -0.2) is 22.5 Å². The van der Waals surface area contributed by atoms with Crippen LogP contribution in [0.2, 0.25) is 0 Å². The Hall–Kier alpha value is -5.11. The highest BCUT2D eigenvalue weighted by molar-refractivity contribution is 7.23. The molecule has 232 valence electrons. The average Bonchev–Trinajstić information content (AvgIpc) is 3.23. The quantitative estimate of drug-likeness (QED) is 0.206. The van der Waals surface area contributed by atoms with E-state index in [2.05, 4.69) is 15.0 Å². The Balaban J connectivity index is 1.77. The van der Waals surface area contributed by atoms with Crippen LogP contribution in [-0.4, -0.2) is 41.6 Å². The molecule has 0 spiro atoms. The second-order valence-electron chi connectivity index (χ2n) is 9.70. The third kappa shape index (κ3) is 4.63. The Morgan fingerprint density at radius 2 is 1.89 bits per heavy atom. The number of aromatic nitrogens is 3. The molecule has 3 aromatic heterocycles. The lowest BCUT2D eigenvalue weighted by Gasteiger charge is -2.32. The third-order valence-corrected chi connectivity index (χ3v) is 8.31. The van der Waals surface area contributed by atoms with Crippen LogP contribution in [0.5, 0.6) is 11.8 Å². The molecule has 0 fully saturated rings. The van der Waals surface area contributed by atoms with Crippen molar-refractivity contribution >= 4 is 49.0 Å². The molecule has 1 atom stereocenters. The van der Waals surface area contributed by atoms with E-state index in [-0.39, 0.29) is 32.0 Å². The summed E-state index contributed by atoms with van der Waals surface area (Å²) < 4.78 is 117. The Kier molecular flexibility index (Phi) is 7.19. The van der Waals surface area contributed by atoms with Crippen LogP contribution in [0.1, 0.15) is 22.7 Å². The van der Waals surface area contributed by atoms with Crippen molar-refractivity contribution < 1.29 is 40.2 Å². The SMILES string of the molecule is COc1nc2c3c(c(C(F)(F)F)c(-c4ccc(F)c5sc(N)c(C#N)c45)c(F)c3n1)OCCN2C(c1cccnc1N)C(F)F. The van der Waals surface area contributed by atoms with Crippen LogP contribution in [0.25, 0.3) is 32.1 Å². The predicted molar refractivity (Wildman–Crippen MR) is 151 cm³/mol. The first-order valence-corrected chi connectivity index (χ1v) is 13.7. The molecule has 0 bridgehead atoms. The molecule has 0 radical (unpaired) electrons. The highest BCUT2D eigenvalue weighted by atomic mass is 32.1. The van der Waals surface area contributed by atoms with Crippen LogP contribution >= 0.6 is 11.3 Å². The van der Waals surface area contributed by atoms with Crippen molar-refractivity contribution in [3.05, 3.63) is 58.8 Å². The van der Waals surface area contributed by atoms with Crippen LogP contribution < -0.4 is 25.8 Å². The number of nitrogens with zero attached hydrogens (tertiary/aromatic N) is 5. The molecule has 4 N–H and O–H groups in total. The Labute approximate surface area is 252 Å². The van der Waals surface area contributed by atoms with E-state index in [0.29, 0.717) is 11.3 Å². The van der Waals surface area contributed by atoms with Crippen molar-refractivity contribution in [1.82, 2.24) is 15.0 Å². The summed E-state index contributed by atoms with van der Waals surface area (Å²) in [7, 11) is 1.09. The van der Waals surface area contributed by atoms with E-state index in [4.69, 9.17) is 20.9 Å². The number of hydrogen-bond donors (Lipinski definition) is 2. The summed E-state index contributed by atoms with van der Waals surface area (Å²) in [5.41, 5.74) is 7.19. The minimum absolute atomic E-state index is 0.164. The molecule has 0 saturated heterocycles. The number of fused-ring (bicyclic) bond motifs is 1. The van der Waals surface area contributed by atoms with E-state index in [0.717, 1.165) is 24.1 Å². The van der Waals surface area contributed by atoms with Crippen LogP contribution in [-0.2, 0) is 6.18 Å². The van der Waals surface area contributed by atoms with E-state index in [9.17, 15) is 18.4 Å². The second kappa shape index (κ2) is 10.8. The first-order chi connectivity index (χ1) is 21.4. The summed E-state index contributed by atoms with van der Waals surface area (Å²) in [4.78, 5) is 12.8. The Bertz CT molecular complexity index is 2050. The molecule has 1 aliphatic rings. The van der Waals surface area contributed by atoms with Gasteiger partial charge in [0.25, 0.3) is 6.43 Å². The molecule has 1 unspecified atom stereocenters. The Morgan fingerprint density at radius 1 is 1.13 bits per heavy atom. The summed E-state index contributed by atoms with van der Waals surface area (Å²) in [6.45, 7) is -1.05. The zero-order valence-electron chi connectivity index (χ0n) is 22.7. The number of benzene rings is 2. The average molecular weight is 650 g/mol. The molecule has 45 heavy (non-hydrogen) atoms. The van der Waals surface area contributed by atoms with Gasteiger partial charge in [0.05, 0.1) is 29.3 Å². The van der Waals surface area contributed by atoms with Crippen molar-refractivity contribution in [3.8, 4) is 29.0 Å². The largest absolute Gasteiger partial charge is 0.490 e. The number of ether oxygens (including phenoxy) is 2. The van der Waals surface area contributed by atoms with E-state index in [1.807, 2.05) is 0 Å². The highest BCUT2D eigenvalue weighted by Crippen LogP contribution is 2.54. The number of thiophene rings is 1. The number of nitrogens with two attached hydrogens (primary N) is 2. The van der Waals surface area contributed by atoms with Gasteiger partial charge in [-0.15, -0.1) is 11.3 Å². The van der Waals surface area contributed by atoms with Crippen LogP contribution in [0, 0.1) is 23.0 Å². The molecule has 0 amide bonds. The molecule has 17 heteroatoms. The van der Waals surface area contributed by atoms with E-state index in [1.165, 1.54) is 18.3 Å². The minimum Gasteiger partial charge on any atom is -0.490 e. The van der Waals surface area contributed by atoms with Crippen molar-refractivity contribution in [2.75, 3.05) is 36.6 Å². The monoisotopic (exact) mass is 649 g/mol. The molecule has 4 heterocycles. The van der Waals surface area contributed by atoms with Crippen molar-refractivity contribution in [2.24, 2.45) is 0 Å². The summed E-state index contributed by atoms with van der Waals surface area (Å²) >= 11 is 0.606. The number of hydrogen-bond acceptors (Lipinski definition) is 10. The normalized spacial score (nSPS) is 14.0. The number of methoxy groups -OCH3 is 1. The zero-order chi connectivity index (χ0) is 32.4. The summed E-state index contributed by atoms with van der Waals surface area (Å²) in [5, 5.41) is 8.51. The number of nitriles is 1. The number of nitrogen functional groups attached to an aromatic ring is 2. The van der Waals surface area contributed by atoms with Gasteiger partial charge in [-0.2, -0.15) is 28.4 Å². The number of alkyl halides is 5. The number of halogens is 7. The summed E-state index contributed by atoms with van der Waals surface area (Å²) in [6, 6.07) is 3.60. The van der Waals surface area contributed by atoms with Gasteiger partial charge in [0.1, 0.15) is 58.0 Å². The maximum atomic E-state index is 16.8. The smallest absolute Gasteiger partial charge is 0.420 e. The van der Waals surface area contributed by atoms with Crippen molar-refractivity contribution in [3.63, 3.8) is 0 Å². The van der Waals surface area contributed by atoms with Crippen molar-refractivity contribution in [2.45, 2.75) is 18.6 Å². The molecule has 6 rings (SSSR count). The van der Waals surface area contributed by atoms with Crippen LogP contribution in [0.4, 0.5) is 47.4 Å². The summed E-state index contributed by atoms with van der Waals surface area (Å²) in [5.74, 6) is -4.25.